The van der Waals surface area contributed by atoms with Crippen LogP contribution in [0.4, 0.5) is 24.5 Å². The first-order valence-corrected chi connectivity index (χ1v) is 12.7. The number of nitrogens with one attached hydrogen (secondary N) is 1. The first kappa shape index (κ1) is 28.3. The summed E-state index contributed by atoms with van der Waals surface area (Å²) in [6, 6.07) is 12.7. The number of rotatable bonds is 12. The van der Waals surface area contributed by atoms with Crippen LogP contribution in [0.15, 0.2) is 48.5 Å². The molecule has 0 radical (unpaired) electrons. The number of hydrogen-bond acceptors (Lipinski definition) is 6. The zero-order valence-corrected chi connectivity index (χ0v) is 21.6. The predicted octanol–water partition coefficient (Wildman–Crippen LogP) is 7.41. The van der Waals surface area contributed by atoms with Crippen LogP contribution in [-0.2, 0) is 13.6 Å². The second kappa shape index (κ2) is 11.7. The first-order valence-electron chi connectivity index (χ1n) is 10.7. The summed E-state index contributed by atoms with van der Waals surface area (Å²) in [4.78, 5) is 1.93. The predicted molar refractivity (Wildman–Crippen MR) is 130 cm³/mol. The Hall–Kier alpha value is -1.93. The molecule has 0 saturated heterocycles. The molecule has 34 heavy (non-hydrogen) atoms. The van der Waals surface area contributed by atoms with Crippen molar-refractivity contribution >= 4 is 30.6 Å². The maximum atomic E-state index is 14.0. The zero-order valence-electron chi connectivity index (χ0n) is 20.0. The fourth-order valence-corrected chi connectivity index (χ4v) is 5.37. The van der Waals surface area contributed by atoms with Gasteiger partial charge in [-0.05, 0) is 69.7 Å². The summed E-state index contributed by atoms with van der Waals surface area (Å²) in [5.41, 5.74) is -0.976. The number of anilines is 2. The highest BCUT2D eigenvalue weighted by atomic mass is 35.5. The average Bonchev–Trinajstić information content (AvgIpc) is 2.71. The summed E-state index contributed by atoms with van der Waals surface area (Å²) < 4.78 is 69.7. The van der Waals surface area contributed by atoms with Gasteiger partial charge < -0.3 is 24.0 Å². The van der Waals surface area contributed by atoms with Crippen molar-refractivity contribution < 1.29 is 31.5 Å². The standard InChI is InChI=1S/C23H31ClF3N2O4P/c1-15(2)32-34(30,33-16(3)4)21(17-7-11-19(12-8-17)29(5)6)28-18-9-13-20(14-10-18)31-23(26,27)22(24)25/h7-16,21-22,28H,1-6H3. The van der Waals surface area contributed by atoms with Crippen LogP contribution < -0.4 is 15.0 Å². The SMILES string of the molecule is CC(C)OP(=O)(OC(C)C)C(Nc1ccc(OC(F)(F)C(F)Cl)cc1)c1ccc(N(C)C)cc1. The number of nitrogens with zero attached hydrogens (tertiary/aromatic N) is 1. The third-order valence-corrected chi connectivity index (χ3v) is 7.17. The summed E-state index contributed by atoms with van der Waals surface area (Å²) in [5, 5.41) is 3.14. The second-order valence-corrected chi connectivity index (χ2v) is 10.8. The fraction of sp³-hybridized carbons (Fsp3) is 0.478. The Morgan fingerprint density at radius 2 is 1.44 bits per heavy atom. The van der Waals surface area contributed by atoms with Gasteiger partial charge in [-0.15, -0.1) is 0 Å². The molecule has 11 heteroatoms. The second-order valence-electron chi connectivity index (χ2n) is 8.37. The summed E-state index contributed by atoms with van der Waals surface area (Å²) in [5.74, 6) is -1.19. The Labute approximate surface area is 203 Å². The van der Waals surface area contributed by atoms with Crippen LogP contribution in [0.2, 0.25) is 0 Å². The van der Waals surface area contributed by atoms with Gasteiger partial charge in [-0.3, -0.25) is 4.57 Å². The highest BCUT2D eigenvalue weighted by Gasteiger charge is 2.42. The quantitative estimate of drug-likeness (QED) is 0.231. The van der Waals surface area contributed by atoms with Gasteiger partial charge in [0.1, 0.15) is 5.75 Å². The van der Waals surface area contributed by atoms with Gasteiger partial charge in [0.05, 0.1) is 12.2 Å². The van der Waals surface area contributed by atoms with E-state index in [1.165, 1.54) is 24.3 Å². The molecule has 0 aliphatic carbocycles. The highest BCUT2D eigenvalue weighted by molar-refractivity contribution is 7.54. The number of benzene rings is 2. The zero-order chi connectivity index (χ0) is 25.7. The Balaban J connectivity index is 2.42. The van der Waals surface area contributed by atoms with E-state index in [9.17, 15) is 17.7 Å². The highest BCUT2D eigenvalue weighted by Crippen LogP contribution is 2.62. The van der Waals surface area contributed by atoms with Gasteiger partial charge in [0.2, 0.25) is 0 Å². The van der Waals surface area contributed by atoms with Gasteiger partial charge in [0.25, 0.3) is 5.63 Å². The van der Waals surface area contributed by atoms with Crippen LogP contribution >= 0.6 is 19.2 Å². The molecule has 0 aliphatic rings. The lowest BCUT2D eigenvalue weighted by atomic mass is 10.2. The van der Waals surface area contributed by atoms with Crippen LogP contribution in [0.3, 0.4) is 0 Å². The summed E-state index contributed by atoms with van der Waals surface area (Å²) in [6.45, 7) is 7.02. The Bertz CT molecular complexity index is 944. The van der Waals surface area contributed by atoms with Gasteiger partial charge in [-0.1, -0.05) is 23.7 Å². The van der Waals surface area contributed by atoms with Crippen LogP contribution in [0.25, 0.3) is 0 Å². The van der Waals surface area contributed by atoms with E-state index in [0.717, 1.165) is 5.69 Å². The van der Waals surface area contributed by atoms with Gasteiger partial charge in [-0.2, -0.15) is 8.78 Å². The molecule has 2 aromatic rings. The molecular weight excluding hydrogens is 492 g/mol. The smallest absolute Gasteiger partial charge is 0.429 e. The molecule has 190 valence electrons. The molecular formula is C23H31ClF3N2O4P. The molecule has 2 rings (SSSR count). The molecule has 0 spiro atoms. The van der Waals surface area contributed by atoms with Crippen molar-refractivity contribution in [1.29, 1.82) is 0 Å². The van der Waals surface area contributed by atoms with E-state index >= 15 is 0 Å². The molecule has 6 nitrogen and oxygen atoms in total. The molecule has 2 aromatic carbocycles. The van der Waals surface area contributed by atoms with Gasteiger partial charge in [0.15, 0.2) is 5.78 Å². The molecule has 2 unspecified atom stereocenters. The van der Waals surface area contributed by atoms with E-state index in [0.29, 0.717) is 11.3 Å². The van der Waals surface area contributed by atoms with Gasteiger partial charge >= 0.3 is 13.7 Å². The van der Waals surface area contributed by atoms with Crippen molar-refractivity contribution in [3.63, 3.8) is 0 Å². The minimum Gasteiger partial charge on any atom is -0.429 e. The van der Waals surface area contributed by atoms with E-state index in [2.05, 4.69) is 10.1 Å². The van der Waals surface area contributed by atoms with E-state index in [1.807, 2.05) is 43.3 Å². The van der Waals surface area contributed by atoms with Gasteiger partial charge in [0, 0.05) is 25.5 Å². The van der Waals surface area contributed by atoms with Crippen molar-refractivity contribution in [2.24, 2.45) is 0 Å². The summed E-state index contributed by atoms with van der Waals surface area (Å²) in [6.07, 6.45) is -4.96. The first-order chi connectivity index (χ1) is 15.7. The third-order valence-electron chi connectivity index (χ3n) is 4.42. The molecule has 0 fully saturated rings. The largest absolute Gasteiger partial charge is 0.444 e. The van der Waals surface area contributed by atoms with Crippen LogP contribution in [0.1, 0.15) is 39.0 Å². The summed E-state index contributed by atoms with van der Waals surface area (Å²) >= 11 is 4.84. The van der Waals surface area contributed by atoms with Gasteiger partial charge in [-0.25, -0.2) is 4.39 Å². The topological polar surface area (TPSA) is 60.0 Å². The molecule has 0 bridgehead atoms. The third kappa shape index (κ3) is 7.80. The normalized spacial score (nSPS) is 14.2. The molecule has 0 heterocycles. The molecule has 0 saturated carbocycles. The maximum Gasteiger partial charge on any atom is 0.444 e. The number of ether oxygens (including phenoxy) is 1. The monoisotopic (exact) mass is 522 g/mol. The fourth-order valence-electron chi connectivity index (χ4n) is 3.01. The van der Waals surface area contributed by atoms with Crippen molar-refractivity contribution in [3.05, 3.63) is 54.1 Å². The molecule has 0 aromatic heterocycles. The van der Waals surface area contributed by atoms with Crippen molar-refractivity contribution in [3.8, 4) is 5.75 Å². The number of halogens is 4. The Kier molecular flexibility index (Phi) is 9.71. The van der Waals surface area contributed by atoms with Crippen molar-refractivity contribution in [2.45, 2.75) is 57.4 Å². The summed E-state index contributed by atoms with van der Waals surface area (Å²) in [7, 11) is 0.0399. The van der Waals surface area contributed by atoms with E-state index in [-0.39, 0.29) is 5.75 Å². The molecule has 2 atom stereocenters. The number of alkyl halides is 4. The van der Waals surface area contributed by atoms with E-state index < -0.39 is 37.3 Å². The molecule has 0 amide bonds. The Morgan fingerprint density at radius 3 is 1.85 bits per heavy atom. The van der Waals surface area contributed by atoms with E-state index in [4.69, 9.17) is 20.6 Å². The van der Waals surface area contributed by atoms with Crippen molar-refractivity contribution in [2.75, 3.05) is 24.3 Å². The van der Waals surface area contributed by atoms with Crippen molar-refractivity contribution in [1.82, 2.24) is 0 Å². The lowest BCUT2D eigenvalue weighted by Gasteiger charge is -2.31. The lowest BCUT2D eigenvalue weighted by molar-refractivity contribution is -0.199. The Morgan fingerprint density at radius 1 is 0.941 bits per heavy atom. The molecule has 1 N–H and O–H groups in total. The minimum atomic E-state index is -4.18. The maximum absolute atomic E-state index is 14.0. The van der Waals surface area contributed by atoms with Crippen LogP contribution in [0, 0.1) is 0 Å². The van der Waals surface area contributed by atoms with E-state index in [1.54, 1.807) is 27.7 Å². The average molecular weight is 523 g/mol. The van der Waals surface area contributed by atoms with Crippen LogP contribution in [-0.4, -0.2) is 38.0 Å². The molecule has 0 aliphatic heterocycles. The number of hydrogen-bond donors (Lipinski definition) is 1. The minimum absolute atomic E-state index is 0.286. The lowest BCUT2D eigenvalue weighted by Crippen LogP contribution is -2.32. The van der Waals surface area contributed by atoms with Crippen LogP contribution in [0.5, 0.6) is 5.75 Å².